The van der Waals surface area contributed by atoms with E-state index < -0.39 is 17.8 Å². The number of nitrogens with one attached hydrogen (secondary N) is 2. The summed E-state index contributed by atoms with van der Waals surface area (Å²) in [5.74, 6) is -1.34. The van der Waals surface area contributed by atoms with Crippen LogP contribution in [0.1, 0.15) is 30.0 Å². The standard InChI is InChI=1S/C24H23N3O7/c1-4-32-18-10-8-17(9-11-18)25-22(28)23(29)27-26-15(2)16-7-12-19(21(14-16)31-3)34-24(30)20-6-5-13-33-20/h5-14H,4H2,1-3H3,(H,25,28)(H,27,29). The minimum absolute atomic E-state index is 0.0510. The Morgan fingerprint density at radius 3 is 2.41 bits per heavy atom. The lowest BCUT2D eigenvalue weighted by Crippen LogP contribution is -2.32. The molecule has 10 nitrogen and oxygen atoms in total. The smallest absolute Gasteiger partial charge is 0.379 e. The number of ether oxygens (including phenoxy) is 3. The normalized spacial score (nSPS) is 10.9. The summed E-state index contributed by atoms with van der Waals surface area (Å²) in [4.78, 5) is 36.3. The van der Waals surface area contributed by atoms with Gasteiger partial charge in [-0.15, -0.1) is 0 Å². The summed E-state index contributed by atoms with van der Waals surface area (Å²) in [6.07, 6.45) is 1.36. The van der Waals surface area contributed by atoms with Gasteiger partial charge >= 0.3 is 17.8 Å². The van der Waals surface area contributed by atoms with E-state index >= 15 is 0 Å². The highest BCUT2D eigenvalue weighted by atomic mass is 16.6. The van der Waals surface area contributed by atoms with Gasteiger partial charge in [0.15, 0.2) is 11.5 Å². The summed E-state index contributed by atoms with van der Waals surface area (Å²) in [6, 6.07) is 14.4. The van der Waals surface area contributed by atoms with Crippen molar-refractivity contribution in [3.8, 4) is 17.2 Å². The van der Waals surface area contributed by atoms with Crippen molar-refractivity contribution in [2.75, 3.05) is 19.0 Å². The number of anilines is 1. The van der Waals surface area contributed by atoms with Gasteiger partial charge in [0.05, 0.1) is 25.7 Å². The van der Waals surface area contributed by atoms with Crippen molar-refractivity contribution in [2.24, 2.45) is 5.10 Å². The molecule has 3 rings (SSSR count). The quantitative estimate of drug-likeness (QED) is 0.172. The van der Waals surface area contributed by atoms with Crippen LogP contribution < -0.4 is 25.0 Å². The molecule has 2 N–H and O–H groups in total. The van der Waals surface area contributed by atoms with E-state index in [1.54, 1.807) is 49.4 Å². The van der Waals surface area contributed by atoms with E-state index in [9.17, 15) is 14.4 Å². The lowest BCUT2D eigenvalue weighted by Gasteiger charge is -2.10. The van der Waals surface area contributed by atoms with Gasteiger partial charge in [-0.3, -0.25) is 9.59 Å². The molecule has 1 aromatic heterocycles. The Balaban J connectivity index is 1.61. The maximum Gasteiger partial charge on any atom is 0.379 e. The van der Waals surface area contributed by atoms with Gasteiger partial charge in [-0.1, -0.05) is 0 Å². The molecule has 0 atom stereocenters. The lowest BCUT2D eigenvalue weighted by molar-refractivity contribution is -0.136. The first-order valence-electron chi connectivity index (χ1n) is 10.2. The van der Waals surface area contributed by atoms with Gasteiger partial charge < -0.3 is 23.9 Å². The number of amides is 2. The molecule has 0 aliphatic rings. The number of nitrogens with zero attached hydrogens (tertiary/aromatic N) is 1. The SMILES string of the molecule is CCOc1ccc(NC(=O)C(=O)NN=C(C)c2ccc(OC(=O)c3ccco3)c(OC)c2)cc1. The Bertz CT molecular complexity index is 1190. The molecule has 34 heavy (non-hydrogen) atoms. The van der Waals surface area contributed by atoms with E-state index in [2.05, 4.69) is 15.8 Å². The fraction of sp³-hybridized carbons (Fsp3) is 0.167. The predicted octanol–water partition coefficient (Wildman–Crippen LogP) is 3.39. The Hall–Kier alpha value is -4.60. The number of hydrogen-bond donors (Lipinski definition) is 2. The number of esters is 1. The molecule has 2 aromatic carbocycles. The van der Waals surface area contributed by atoms with E-state index in [1.165, 1.54) is 25.5 Å². The summed E-state index contributed by atoms with van der Waals surface area (Å²) in [5, 5.41) is 6.44. The van der Waals surface area contributed by atoms with E-state index in [0.717, 1.165) is 0 Å². The molecule has 10 heteroatoms. The highest BCUT2D eigenvalue weighted by Crippen LogP contribution is 2.29. The second kappa shape index (κ2) is 11.3. The van der Waals surface area contributed by atoms with Crippen LogP contribution >= 0.6 is 0 Å². The highest BCUT2D eigenvalue weighted by Gasteiger charge is 2.16. The highest BCUT2D eigenvalue weighted by molar-refractivity contribution is 6.39. The molecular formula is C24H23N3O7. The largest absolute Gasteiger partial charge is 0.494 e. The van der Waals surface area contributed by atoms with Crippen LogP contribution in [0.5, 0.6) is 17.2 Å². The molecule has 0 unspecified atom stereocenters. The van der Waals surface area contributed by atoms with Gasteiger partial charge in [0.2, 0.25) is 5.76 Å². The number of carbonyl (C=O) groups excluding carboxylic acids is 3. The number of furan rings is 1. The van der Waals surface area contributed by atoms with Crippen molar-refractivity contribution in [3.63, 3.8) is 0 Å². The van der Waals surface area contributed by atoms with Crippen molar-refractivity contribution in [3.05, 3.63) is 72.2 Å². The number of rotatable bonds is 8. The average Bonchev–Trinajstić information content (AvgIpc) is 3.39. The zero-order valence-corrected chi connectivity index (χ0v) is 18.8. The molecule has 0 aliphatic heterocycles. The van der Waals surface area contributed by atoms with Gasteiger partial charge in [-0.25, -0.2) is 10.2 Å². The average molecular weight is 465 g/mol. The monoisotopic (exact) mass is 465 g/mol. The number of methoxy groups -OCH3 is 1. The molecular weight excluding hydrogens is 442 g/mol. The number of hydrazone groups is 1. The van der Waals surface area contributed by atoms with Crippen molar-refractivity contribution in [1.82, 2.24) is 5.43 Å². The zero-order chi connectivity index (χ0) is 24.5. The Morgan fingerprint density at radius 1 is 1.00 bits per heavy atom. The second-order valence-corrected chi connectivity index (χ2v) is 6.78. The Morgan fingerprint density at radius 2 is 1.76 bits per heavy atom. The third kappa shape index (κ3) is 6.22. The summed E-state index contributed by atoms with van der Waals surface area (Å²) in [6.45, 7) is 4.02. The molecule has 0 spiro atoms. The van der Waals surface area contributed by atoms with Crippen molar-refractivity contribution in [2.45, 2.75) is 13.8 Å². The molecule has 176 valence electrons. The molecule has 2 amide bonds. The van der Waals surface area contributed by atoms with Crippen molar-refractivity contribution >= 4 is 29.2 Å². The topological polar surface area (TPSA) is 128 Å². The third-order valence-electron chi connectivity index (χ3n) is 4.46. The van der Waals surface area contributed by atoms with E-state index in [1.807, 2.05) is 6.92 Å². The van der Waals surface area contributed by atoms with Crippen LogP contribution in [0.25, 0.3) is 0 Å². The lowest BCUT2D eigenvalue weighted by atomic mass is 10.1. The van der Waals surface area contributed by atoms with Crippen LogP contribution in [0, 0.1) is 0 Å². The molecule has 0 aliphatic carbocycles. The minimum atomic E-state index is -0.941. The summed E-state index contributed by atoms with van der Waals surface area (Å²) < 4.78 is 20.9. The maximum absolute atomic E-state index is 12.1. The molecule has 1 heterocycles. The predicted molar refractivity (Wildman–Crippen MR) is 123 cm³/mol. The fourth-order valence-electron chi connectivity index (χ4n) is 2.76. The third-order valence-corrected chi connectivity index (χ3v) is 4.46. The number of carbonyl (C=O) groups is 3. The van der Waals surface area contributed by atoms with Crippen LogP contribution in [-0.2, 0) is 9.59 Å². The minimum Gasteiger partial charge on any atom is -0.494 e. The van der Waals surface area contributed by atoms with Crippen molar-refractivity contribution in [1.29, 1.82) is 0 Å². The first kappa shape index (κ1) is 24.1. The molecule has 0 fully saturated rings. The zero-order valence-electron chi connectivity index (χ0n) is 18.8. The van der Waals surface area contributed by atoms with Gasteiger partial charge in [0, 0.05) is 11.3 Å². The van der Waals surface area contributed by atoms with Crippen LogP contribution in [0.2, 0.25) is 0 Å². The van der Waals surface area contributed by atoms with Crippen LogP contribution in [0.4, 0.5) is 5.69 Å². The fourth-order valence-corrected chi connectivity index (χ4v) is 2.76. The summed E-state index contributed by atoms with van der Waals surface area (Å²) >= 11 is 0. The molecule has 0 radical (unpaired) electrons. The second-order valence-electron chi connectivity index (χ2n) is 6.78. The molecule has 0 saturated carbocycles. The molecule has 0 saturated heterocycles. The van der Waals surface area contributed by atoms with Gasteiger partial charge in [-0.2, -0.15) is 5.10 Å². The summed E-state index contributed by atoms with van der Waals surface area (Å²) in [7, 11) is 1.42. The Kier molecular flexibility index (Phi) is 8.01. The van der Waals surface area contributed by atoms with E-state index in [4.69, 9.17) is 18.6 Å². The van der Waals surface area contributed by atoms with Crippen LogP contribution in [-0.4, -0.2) is 37.2 Å². The first-order chi connectivity index (χ1) is 16.4. The number of benzene rings is 2. The van der Waals surface area contributed by atoms with Gasteiger partial charge in [0.1, 0.15) is 5.75 Å². The first-order valence-corrected chi connectivity index (χ1v) is 10.2. The maximum atomic E-state index is 12.1. The number of hydrogen-bond acceptors (Lipinski definition) is 8. The molecule has 3 aromatic rings. The van der Waals surface area contributed by atoms with Crippen LogP contribution in [0.3, 0.4) is 0 Å². The van der Waals surface area contributed by atoms with Gasteiger partial charge in [-0.05, 0) is 68.4 Å². The molecule has 0 bridgehead atoms. The van der Waals surface area contributed by atoms with Gasteiger partial charge in [0.25, 0.3) is 0 Å². The van der Waals surface area contributed by atoms with E-state index in [0.29, 0.717) is 29.3 Å². The summed E-state index contributed by atoms with van der Waals surface area (Å²) in [5.41, 5.74) is 3.61. The van der Waals surface area contributed by atoms with Crippen molar-refractivity contribution < 1.29 is 33.0 Å². The Labute approximate surface area is 195 Å². The van der Waals surface area contributed by atoms with Crippen LogP contribution in [0.15, 0.2) is 70.4 Å². The van der Waals surface area contributed by atoms with E-state index in [-0.39, 0.29) is 17.3 Å².